The van der Waals surface area contributed by atoms with Crippen LogP contribution in [0.2, 0.25) is 0 Å². The first-order valence-corrected chi connectivity index (χ1v) is 6.24. The zero-order valence-electron chi connectivity index (χ0n) is 10.6. The van der Waals surface area contributed by atoms with Crippen molar-refractivity contribution in [1.82, 2.24) is 10.1 Å². The van der Waals surface area contributed by atoms with Crippen LogP contribution < -0.4 is 5.73 Å². The summed E-state index contributed by atoms with van der Waals surface area (Å²) >= 11 is 0. The van der Waals surface area contributed by atoms with Crippen molar-refractivity contribution < 1.29 is 4.52 Å². The normalized spacial score (nSPS) is 13.3. The Bertz CT molecular complexity index is 296. The predicted octanol–water partition coefficient (Wildman–Crippen LogP) is 3.16. The lowest BCUT2D eigenvalue weighted by Gasteiger charge is -2.05. The number of unbranched alkanes of at least 4 members (excludes halogenated alkanes) is 3. The fourth-order valence-corrected chi connectivity index (χ4v) is 1.55. The quantitative estimate of drug-likeness (QED) is 0.724. The van der Waals surface area contributed by atoms with Gasteiger partial charge < -0.3 is 10.3 Å². The molecule has 4 nitrogen and oxygen atoms in total. The summed E-state index contributed by atoms with van der Waals surface area (Å²) in [5, 5.41) is 3.93. The van der Waals surface area contributed by atoms with E-state index in [0.29, 0.717) is 11.7 Å². The molecule has 1 aromatic heterocycles. The molecule has 0 amide bonds. The van der Waals surface area contributed by atoms with E-state index in [1.807, 2.05) is 13.8 Å². The van der Waals surface area contributed by atoms with Gasteiger partial charge in [-0.2, -0.15) is 4.98 Å². The summed E-state index contributed by atoms with van der Waals surface area (Å²) in [6.07, 6.45) is 5.84. The van der Waals surface area contributed by atoms with Gasteiger partial charge in [-0.25, -0.2) is 0 Å². The first-order valence-electron chi connectivity index (χ1n) is 6.24. The molecule has 0 spiro atoms. The molecule has 0 saturated heterocycles. The maximum absolute atomic E-state index is 6.01. The van der Waals surface area contributed by atoms with Crippen LogP contribution in [0.15, 0.2) is 4.52 Å². The minimum Gasteiger partial charge on any atom is -0.339 e. The zero-order valence-corrected chi connectivity index (χ0v) is 10.6. The van der Waals surface area contributed by atoms with Crippen LogP contribution in [-0.4, -0.2) is 10.1 Å². The Labute approximate surface area is 97.6 Å². The Morgan fingerprint density at radius 1 is 1.25 bits per heavy atom. The smallest absolute Gasteiger partial charge is 0.229 e. The number of hydrogen-bond acceptors (Lipinski definition) is 4. The van der Waals surface area contributed by atoms with Crippen molar-refractivity contribution in [3.05, 3.63) is 11.7 Å². The fourth-order valence-electron chi connectivity index (χ4n) is 1.55. The minimum absolute atomic E-state index is 0.0758. The van der Waals surface area contributed by atoms with Crippen LogP contribution in [0.1, 0.15) is 76.6 Å². The number of rotatable bonds is 7. The maximum atomic E-state index is 6.01. The van der Waals surface area contributed by atoms with Crippen molar-refractivity contribution in [2.75, 3.05) is 0 Å². The highest BCUT2D eigenvalue weighted by Gasteiger charge is 2.15. The Hall–Kier alpha value is -0.900. The van der Waals surface area contributed by atoms with Gasteiger partial charge in [-0.3, -0.25) is 0 Å². The van der Waals surface area contributed by atoms with Gasteiger partial charge in [0.2, 0.25) is 5.89 Å². The first kappa shape index (κ1) is 13.2. The molecule has 4 heteroatoms. The largest absolute Gasteiger partial charge is 0.339 e. The lowest BCUT2D eigenvalue weighted by atomic mass is 10.1. The van der Waals surface area contributed by atoms with Crippen molar-refractivity contribution in [2.24, 2.45) is 5.73 Å². The second kappa shape index (κ2) is 6.63. The summed E-state index contributed by atoms with van der Waals surface area (Å²) in [6, 6.07) is -0.0758. The molecule has 0 saturated carbocycles. The molecule has 2 N–H and O–H groups in total. The molecular formula is C12H23N3O. The molecule has 92 valence electrons. The van der Waals surface area contributed by atoms with Gasteiger partial charge in [-0.1, -0.05) is 51.6 Å². The molecule has 0 fully saturated rings. The molecule has 1 aromatic rings. The highest BCUT2D eigenvalue weighted by molar-refractivity contribution is 4.95. The monoisotopic (exact) mass is 225 g/mol. The van der Waals surface area contributed by atoms with Gasteiger partial charge in [-0.05, 0) is 6.42 Å². The lowest BCUT2D eigenvalue weighted by molar-refractivity contribution is 0.356. The Morgan fingerprint density at radius 3 is 2.56 bits per heavy atom. The Balaban J connectivity index is 2.37. The summed E-state index contributed by atoms with van der Waals surface area (Å²) in [7, 11) is 0. The summed E-state index contributed by atoms with van der Waals surface area (Å²) in [6.45, 7) is 6.27. The lowest BCUT2D eigenvalue weighted by Crippen LogP contribution is -2.12. The third-order valence-electron chi connectivity index (χ3n) is 2.65. The SMILES string of the molecule is CCCCCCC(N)c1noc(C(C)C)n1. The van der Waals surface area contributed by atoms with Crippen LogP contribution in [-0.2, 0) is 0 Å². The van der Waals surface area contributed by atoms with E-state index in [0.717, 1.165) is 12.8 Å². The highest BCUT2D eigenvalue weighted by Crippen LogP contribution is 2.18. The Kier molecular flexibility index (Phi) is 5.46. The molecule has 16 heavy (non-hydrogen) atoms. The zero-order chi connectivity index (χ0) is 12.0. The van der Waals surface area contributed by atoms with Crippen LogP contribution in [0, 0.1) is 0 Å². The summed E-state index contributed by atoms with van der Waals surface area (Å²) in [5.41, 5.74) is 6.01. The summed E-state index contributed by atoms with van der Waals surface area (Å²) in [5.74, 6) is 1.60. The van der Waals surface area contributed by atoms with Crippen LogP contribution in [0.25, 0.3) is 0 Å². The van der Waals surface area contributed by atoms with E-state index in [-0.39, 0.29) is 12.0 Å². The van der Waals surface area contributed by atoms with Gasteiger partial charge in [-0.15, -0.1) is 0 Å². The van der Waals surface area contributed by atoms with E-state index in [1.165, 1.54) is 19.3 Å². The van der Waals surface area contributed by atoms with Gasteiger partial charge in [0.05, 0.1) is 6.04 Å². The van der Waals surface area contributed by atoms with E-state index in [9.17, 15) is 0 Å². The number of aromatic nitrogens is 2. The number of nitrogens with zero attached hydrogens (tertiary/aromatic N) is 2. The number of nitrogens with two attached hydrogens (primary N) is 1. The van der Waals surface area contributed by atoms with E-state index < -0.39 is 0 Å². The van der Waals surface area contributed by atoms with Crippen molar-refractivity contribution in [3.8, 4) is 0 Å². The molecule has 0 radical (unpaired) electrons. The molecule has 0 aromatic carbocycles. The van der Waals surface area contributed by atoms with Gasteiger partial charge in [0.1, 0.15) is 0 Å². The molecule has 1 rings (SSSR count). The standard InChI is InChI=1S/C12H23N3O/c1-4-5-6-7-8-10(13)11-14-12(9(2)3)16-15-11/h9-10H,4-8,13H2,1-3H3. The second-order valence-corrected chi connectivity index (χ2v) is 4.60. The second-order valence-electron chi connectivity index (χ2n) is 4.60. The average molecular weight is 225 g/mol. The van der Waals surface area contributed by atoms with E-state index in [1.54, 1.807) is 0 Å². The Morgan fingerprint density at radius 2 is 2.00 bits per heavy atom. The molecule has 0 bridgehead atoms. The number of hydrogen-bond donors (Lipinski definition) is 1. The van der Waals surface area contributed by atoms with Gasteiger partial charge in [0, 0.05) is 5.92 Å². The fraction of sp³-hybridized carbons (Fsp3) is 0.833. The molecule has 0 aliphatic carbocycles. The van der Waals surface area contributed by atoms with E-state index in [4.69, 9.17) is 10.3 Å². The molecule has 0 aliphatic rings. The molecular weight excluding hydrogens is 202 g/mol. The highest BCUT2D eigenvalue weighted by atomic mass is 16.5. The minimum atomic E-state index is -0.0758. The van der Waals surface area contributed by atoms with Crippen LogP contribution in [0.4, 0.5) is 0 Å². The third kappa shape index (κ3) is 3.93. The summed E-state index contributed by atoms with van der Waals surface area (Å²) in [4.78, 5) is 4.31. The van der Waals surface area contributed by atoms with Crippen molar-refractivity contribution in [1.29, 1.82) is 0 Å². The molecule has 0 aliphatic heterocycles. The first-order chi connectivity index (χ1) is 7.65. The third-order valence-corrected chi connectivity index (χ3v) is 2.65. The van der Waals surface area contributed by atoms with Crippen LogP contribution in [0.3, 0.4) is 0 Å². The van der Waals surface area contributed by atoms with Gasteiger partial charge in [0.25, 0.3) is 0 Å². The predicted molar refractivity (Wildman–Crippen MR) is 64.1 cm³/mol. The van der Waals surface area contributed by atoms with Crippen LogP contribution >= 0.6 is 0 Å². The van der Waals surface area contributed by atoms with E-state index in [2.05, 4.69) is 17.1 Å². The van der Waals surface area contributed by atoms with Gasteiger partial charge in [0.15, 0.2) is 5.82 Å². The topological polar surface area (TPSA) is 64.9 Å². The summed E-state index contributed by atoms with van der Waals surface area (Å²) < 4.78 is 5.13. The van der Waals surface area contributed by atoms with Crippen LogP contribution in [0.5, 0.6) is 0 Å². The molecule has 1 heterocycles. The average Bonchev–Trinajstić information content (AvgIpc) is 2.73. The van der Waals surface area contributed by atoms with Crippen molar-refractivity contribution >= 4 is 0 Å². The van der Waals surface area contributed by atoms with E-state index >= 15 is 0 Å². The van der Waals surface area contributed by atoms with Gasteiger partial charge >= 0.3 is 0 Å². The van der Waals surface area contributed by atoms with Crippen molar-refractivity contribution in [3.63, 3.8) is 0 Å². The molecule has 1 atom stereocenters. The molecule has 1 unspecified atom stereocenters. The maximum Gasteiger partial charge on any atom is 0.229 e. The van der Waals surface area contributed by atoms with Crippen molar-refractivity contribution in [2.45, 2.75) is 64.8 Å².